The molecule has 0 aliphatic carbocycles. The lowest BCUT2D eigenvalue weighted by Gasteiger charge is -2.09. The first-order valence-electron chi connectivity index (χ1n) is 7.31. The summed E-state index contributed by atoms with van der Waals surface area (Å²) in [6.45, 7) is 0. The maximum atomic E-state index is 14.2. The monoisotopic (exact) mass is 384 g/mol. The molecule has 0 radical (unpaired) electrons. The second-order valence-corrected chi connectivity index (χ2v) is 7.54. The van der Waals surface area contributed by atoms with E-state index in [0.717, 1.165) is 41.3 Å². The Morgan fingerprint density at radius 1 is 1.00 bits per heavy atom. The molecule has 1 aromatic heterocycles. The Bertz CT molecular complexity index is 1060. The number of aromatic nitrogens is 2. The SMILES string of the molecule is CS(=O)(=O)c1ccc(-n2nc(C(F)F)cc2-c2ccc(F)cc2)cc1F. The van der Waals surface area contributed by atoms with Crippen LogP contribution >= 0.6 is 0 Å². The van der Waals surface area contributed by atoms with Crippen LogP contribution in [0.15, 0.2) is 53.4 Å². The van der Waals surface area contributed by atoms with Crippen molar-refractivity contribution in [2.45, 2.75) is 11.3 Å². The molecule has 0 aliphatic heterocycles. The van der Waals surface area contributed by atoms with Crippen molar-refractivity contribution in [2.24, 2.45) is 0 Å². The third-order valence-electron chi connectivity index (χ3n) is 3.65. The third kappa shape index (κ3) is 3.48. The van der Waals surface area contributed by atoms with Gasteiger partial charge in [-0.25, -0.2) is 30.7 Å². The van der Waals surface area contributed by atoms with E-state index in [1.54, 1.807) is 0 Å². The second kappa shape index (κ2) is 6.56. The number of benzene rings is 2. The Morgan fingerprint density at radius 3 is 2.19 bits per heavy atom. The summed E-state index contributed by atoms with van der Waals surface area (Å²) in [6.07, 6.45) is -2.01. The highest BCUT2D eigenvalue weighted by Crippen LogP contribution is 2.29. The molecule has 0 spiro atoms. The van der Waals surface area contributed by atoms with Crippen LogP contribution in [0.2, 0.25) is 0 Å². The van der Waals surface area contributed by atoms with Gasteiger partial charge in [-0.1, -0.05) is 0 Å². The number of halogens is 4. The van der Waals surface area contributed by atoms with Crippen molar-refractivity contribution in [1.29, 1.82) is 0 Å². The Kier molecular flexibility index (Phi) is 4.57. The Balaban J connectivity index is 2.18. The summed E-state index contributed by atoms with van der Waals surface area (Å²) < 4.78 is 77.5. The van der Waals surface area contributed by atoms with Gasteiger partial charge < -0.3 is 0 Å². The molecule has 2 aromatic carbocycles. The van der Waals surface area contributed by atoms with Gasteiger partial charge in [0, 0.05) is 17.9 Å². The average molecular weight is 384 g/mol. The van der Waals surface area contributed by atoms with Gasteiger partial charge in [0.05, 0.1) is 11.4 Å². The summed E-state index contributed by atoms with van der Waals surface area (Å²) in [5.74, 6) is -1.53. The molecule has 0 unspecified atom stereocenters. The Hall–Kier alpha value is -2.68. The maximum Gasteiger partial charge on any atom is 0.282 e. The van der Waals surface area contributed by atoms with Gasteiger partial charge in [0.2, 0.25) is 0 Å². The first-order valence-corrected chi connectivity index (χ1v) is 9.20. The number of hydrogen-bond acceptors (Lipinski definition) is 3. The minimum absolute atomic E-state index is 0.0566. The molecule has 9 heteroatoms. The fraction of sp³-hybridized carbons (Fsp3) is 0.118. The average Bonchev–Trinajstić information content (AvgIpc) is 3.00. The standard InChI is InChI=1S/C17H12F4N2O2S/c1-26(24,25)16-7-6-12(8-13(16)19)23-15(9-14(22-23)17(20)21)10-2-4-11(18)5-3-10/h2-9,17H,1H3. The zero-order valence-corrected chi connectivity index (χ0v) is 14.1. The van der Waals surface area contributed by atoms with Crippen LogP contribution in [-0.2, 0) is 9.84 Å². The summed E-state index contributed by atoms with van der Waals surface area (Å²) >= 11 is 0. The maximum absolute atomic E-state index is 14.2. The van der Waals surface area contributed by atoms with Crippen molar-refractivity contribution >= 4 is 9.84 Å². The highest BCUT2D eigenvalue weighted by atomic mass is 32.2. The zero-order chi connectivity index (χ0) is 19.1. The van der Waals surface area contributed by atoms with E-state index in [2.05, 4.69) is 5.10 Å². The molecule has 4 nitrogen and oxygen atoms in total. The van der Waals surface area contributed by atoms with Gasteiger partial charge in [0.1, 0.15) is 22.2 Å². The summed E-state index contributed by atoms with van der Waals surface area (Å²) in [5, 5.41) is 3.77. The van der Waals surface area contributed by atoms with Crippen molar-refractivity contribution < 1.29 is 26.0 Å². The molecule has 0 saturated carbocycles. The molecule has 136 valence electrons. The molecule has 0 aliphatic rings. The molecule has 0 N–H and O–H groups in total. The number of alkyl halides is 2. The van der Waals surface area contributed by atoms with Crippen molar-refractivity contribution in [3.05, 3.63) is 65.9 Å². The predicted octanol–water partition coefficient (Wildman–Crippen LogP) is 4.16. The second-order valence-electron chi connectivity index (χ2n) is 5.56. The number of rotatable bonds is 4. The van der Waals surface area contributed by atoms with Gasteiger partial charge in [-0.3, -0.25) is 0 Å². The lowest BCUT2D eigenvalue weighted by Crippen LogP contribution is -2.05. The summed E-state index contributed by atoms with van der Waals surface area (Å²) in [7, 11) is -3.77. The van der Waals surface area contributed by atoms with Crippen LogP contribution in [0.4, 0.5) is 17.6 Å². The third-order valence-corrected chi connectivity index (χ3v) is 4.78. The van der Waals surface area contributed by atoms with E-state index in [0.29, 0.717) is 5.56 Å². The summed E-state index contributed by atoms with van der Waals surface area (Å²) in [6, 6.07) is 9.36. The van der Waals surface area contributed by atoms with Crippen molar-refractivity contribution in [1.82, 2.24) is 9.78 Å². The molecule has 0 saturated heterocycles. The van der Waals surface area contributed by atoms with Crippen LogP contribution in [0.25, 0.3) is 16.9 Å². The largest absolute Gasteiger partial charge is 0.282 e. The normalized spacial score (nSPS) is 11.9. The molecule has 0 fully saturated rings. The lowest BCUT2D eigenvalue weighted by atomic mass is 10.1. The molecule has 26 heavy (non-hydrogen) atoms. The first kappa shape index (κ1) is 18.1. The van der Waals surface area contributed by atoms with Gasteiger partial charge in [-0.05, 0) is 42.5 Å². The van der Waals surface area contributed by atoms with Crippen LogP contribution in [0.3, 0.4) is 0 Å². The van der Waals surface area contributed by atoms with Crippen molar-refractivity contribution in [2.75, 3.05) is 6.26 Å². The Morgan fingerprint density at radius 2 is 1.65 bits per heavy atom. The Labute approximate surface area is 146 Å². The summed E-state index contributed by atoms with van der Waals surface area (Å²) in [4.78, 5) is -0.508. The van der Waals surface area contributed by atoms with E-state index in [9.17, 15) is 26.0 Å². The zero-order valence-electron chi connectivity index (χ0n) is 13.3. The smallest absolute Gasteiger partial charge is 0.233 e. The molecule has 3 rings (SSSR count). The number of hydrogen-bond donors (Lipinski definition) is 0. The van der Waals surface area contributed by atoms with E-state index in [4.69, 9.17) is 0 Å². The van der Waals surface area contributed by atoms with E-state index in [-0.39, 0.29) is 11.4 Å². The van der Waals surface area contributed by atoms with Gasteiger partial charge >= 0.3 is 0 Å². The van der Waals surface area contributed by atoms with E-state index >= 15 is 0 Å². The number of sulfone groups is 1. The van der Waals surface area contributed by atoms with E-state index in [1.807, 2.05) is 0 Å². The quantitative estimate of drug-likeness (QED) is 0.635. The fourth-order valence-corrected chi connectivity index (χ4v) is 3.18. The van der Waals surface area contributed by atoms with Gasteiger partial charge in [0.25, 0.3) is 6.43 Å². The molecule has 3 aromatic rings. The predicted molar refractivity (Wildman–Crippen MR) is 87.0 cm³/mol. The van der Waals surface area contributed by atoms with Crippen molar-refractivity contribution in [3.63, 3.8) is 0 Å². The molecular formula is C17H12F4N2O2S. The molecule has 0 bridgehead atoms. The lowest BCUT2D eigenvalue weighted by molar-refractivity contribution is 0.145. The van der Waals surface area contributed by atoms with Crippen LogP contribution in [0.1, 0.15) is 12.1 Å². The highest BCUT2D eigenvalue weighted by Gasteiger charge is 2.20. The van der Waals surface area contributed by atoms with E-state index in [1.165, 1.54) is 18.2 Å². The number of nitrogens with zero attached hydrogens (tertiary/aromatic N) is 2. The first-order chi connectivity index (χ1) is 12.2. The van der Waals surface area contributed by atoms with E-state index < -0.39 is 38.5 Å². The van der Waals surface area contributed by atoms with Gasteiger partial charge in [-0.2, -0.15) is 5.10 Å². The van der Waals surface area contributed by atoms with Crippen LogP contribution < -0.4 is 0 Å². The topological polar surface area (TPSA) is 52.0 Å². The van der Waals surface area contributed by atoms with Gasteiger partial charge in [-0.15, -0.1) is 0 Å². The molecule has 1 heterocycles. The highest BCUT2D eigenvalue weighted by molar-refractivity contribution is 7.90. The minimum Gasteiger partial charge on any atom is -0.233 e. The van der Waals surface area contributed by atoms with Crippen LogP contribution in [-0.4, -0.2) is 24.5 Å². The van der Waals surface area contributed by atoms with Gasteiger partial charge in [0.15, 0.2) is 9.84 Å². The minimum atomic E-state index is -3.77. The summed E-state index contributed by atoms with van der Waals surface area (Å²) in [5.41, 5.74) is 0.0863. The van der Waals surface area contributed by atoms with Crippen LogP contribution in [0, 0.1) is 11.6 Å². The van der Waals surface area contributed by atoms with Crippen LogP contribution in [0.5, 0.6) is 0 Å². The van der Waals surface area contributed by atoms with Crippen molar-refractivity contribution in [3.8, 4) is 16.9 Å². The fourth-order valence-electron chi connectivity index (χ4n) is 2.45. The molecular weight excluding hydrogens is 372 g/mol. The molecule has 0 amide bonds. The molecule has 0 atom stereocenters.